The molecule has 1 saturated carbocycles. The van der Waals surface area contributed by atoms with E-state index >= 15 is 0 Å². The van der Waals surface area contributed by atoms with Gasteiger partial charge < -0.3 is 4.74 Å². The van der Waals surface area contributed by atoms with Crippen LogP contribution in [-0.4, -0.2) is 17.6 Å². The van der Waals surface area contributed by atoms with Crippen LogP contribution in [0.2, 0.25) is 0 Å². The Morgan fingerprint density at radius 1 is 1.38 bits per heavy atom. The minimum atomic E-state index is 0.211. The van der Waals surface area contributed by atoms with E-state index in [1.807, 2.05) is 30.5 Å². The van der Waals surface area contributed by atoms with Crippen molar-refractivity contribution in [3.63, 3.8) is 0 Å². The van der Waals surface area contributed by atoms with Gasteiger partial charge >= 0.3 is 0 Å². The van der Waals surface area contributed by atoms with Gasteiger partial charge in [-0.3, -0.25) is 9.36 Å². The second-order valence-electron chi connectivity index (χ2n) is 4.19. The Bertz CT molecular complexity index is 552. The highest BCUT2D eigenvalue weighted by atomic mass is 16.5. The predicted octanol–water partition coefficient (Wildman–Crippen LogP) is 2.70. The molecule has 1 aromatic heterocycles. The van der Waals surface area contributed by atoms with E-state index in [2.05, 4.69) is 0 Å². The van der Waals surface area contributed by atoms with Crippen molar-refractivity contribution in [3.8, 4) is 5.75 Å². The van der Waals surface area contributed by atoms with Crippen molar-refractivity contribution >= 4 is 16.8 Å². The first kappa shape index (κ1) is 9.46. The smallest absolute Gasteiger partial charge is 0.234 e. The molecule has 0 spiro atoms. The lowest BCUT2D eigenvalue weighted by atomic mass is 10.2. The number of nitrogens with zero attached hydrogens (tertiary/aromatic N) is 1. The molecule has 0 saturated heterocycles. The van der Waals surface area contributed by atoms with Gasteiger partial charge in [0.05, 0.1) is 12.6 Å². The molecule has 0 N–H and O–H groups in total. The SMILES string of the molecule is COc1cccc2c1ccn2C(=O)C1CC1. The Kier molecular flexibility index (Phi) is 1.99. The zero-order chi connectivity index (χ0) is 11.1. The Morgan fingerprint density at radius 2 is 2.19 bits per heavy atom. The molecule has 0 amide bonds. The molecule has 0 atom stereocenters. The lowest BCUT2D eigenvalue weighted by molar-refractivity contribution is 0.0891. The van der Waals surface area contributed by atoms with Crippen LogP contribution in [0.3, 0.4) is 0 Å². The van der Waals surface area contributed by atoms with E-state index in [0.29, 0.717) is 0 Å². The number of hydrogen-bond donors (Lipinski definition) is 0. The standard InChI is InChI=1S/C13H13NO2/c1-16-12-4-2-3-11-10(12)7-8-14(11)13(15)9-5-6-9/h2-4,7-9H,5-6H2,1H3. The molecular formula is C13H13NO2. The molecule has 3 nitrogen and oxygen atoms in total. The Morgan fingerprint density at radius 3 is 2.88 bits per heavy atom. The Labute approximate surface area is 93.6 Å². The van der Waals surface area contributed by atoms with Crippen molar-refractivity contribution < 1.29 is 9.53 Å². The van der Waals surface area contributed by atoms with Crippen LogP contribution in [0.4, 0.5) is 0 Å². The molecule has 0 bridgehead atoms. The van der Waals surface area contributed by atoms with Gasteiger partial charge in [-0.05, 0) is 31.0 Å². The van der Waals surface area contributed by atoms with Crippen LogP contribution >= 0.6 is 0 Å². The third-order valence-corrected chi connectivity index (χ3v) is 3.08. The molecule has 1 aliphatic carbocycles. The predicted molar refractivity (Wildman–Crippen MR) is 61.8 cm³/mol. The summed E-state index contributed by atoms with van der Waals surface area (Å²) >= 11 is 0. The third-order valence-electron chi connectivity index (χ3n) is 3.08. The van der Waals surface area contributed by atoms with Gasteiger partial charge in [-0.2, -0.15) is 0 Å². The first-order chi connectivity index (χ1) is 7.81. The monoisotopic (exact) mass is 215 g/mol. The molecule has 3 heteroatoms. The molecule has 0 aliphatic heterocycles. The second kappa shape index (κ2) is 3.37. The van der Waals surface area contributed by atoms with Gasteiger partial charge in [-0.15, -0.1) is 0 Å². The van der Waals surface area contributed by atoms with Crippen LogP contribution in [0.25, 0.3) is 10.9 Å². The molecule has 1 fully saturated rings. The van der Waals surface area contributed by atoms with E-state index in [0.717, 1.165) is 29.5 Å². The average Bonchev–Trinajstić information content (AvgIpc) is 3.07. The third kappa shape index (κ3) is 1.32. The topological polar surface area (TPSA) is 31.2 Å². The maximum absolute atomic E-state index is 12.0. The molecule has 82 valence electrons. The van der Waals surface area contributed by atoms with E-state index in [-0.39, 0.29) is 11.8 Å². The molecule has 0 unspecified atom stereocenters. The summed E-state index contributed by atoms with van der Waals surface area (Å²) in [4.78, 5) is 12.0. The summed E-state index contributed by atoms with van der Waals surface area (Å²) in [6.45, 7) is 0. The van der Waals surface area contributed by atoms with Crippen LogP contribution in [0.1, 0.15) is 17.6 Å². The van der Waals surface area contributed by atoms with Crippen molar-refractivity contribution in [1.29, 1.82) is 0 Å². The first-order valence-electron chi connectivity index (χ1n) is 5.49. The van der Waals surface area contributed by atoms with Crippen LogP contribution in [0.15, 0.2) is 30.5 Å². The number of hydrogen-bond acceptors (Lipinski definition) is 2. The zero-order valence-electron chi connectivity index (χ0n) is 9.14. The van der Waals surface area contributed by atoms with Gasteiger partial charge in [0.2, 0.25) is 5.91 Å². The summed E-state index contributed by atoms with van der Waals surface area (Å²) in [7, 11) is 1.65. The van der Waals surface area contributed by atoms with E-state index < -0.39 is 0 Å². The molecule has 2 aromatic rings. The zero-order valence-corrected chi connectivity index (χ0v) is 9.14. The average molecular weight is 215 g/mol. The van der Waals surface area contributed by atoms with E-state index in [4.69, 9.17) is 4.74 Å². The normalized spacial score (nSPS) is 15.3. The second-order valence-corrected chi connectivity index (χ2v) is 4.19. The summed E-state index contributed by atoms with van der Waals surface area (Å²) < 4.78 is 7.02. The van der Waals surface area contributed by atoms with Gasteiger partial charge in [0.15, 0.2) is 0 Å². The highest BCUT2D eigenvalue weighted by Crippen LogP contribution is 2.33. The fraction of sp³-hybridized carbons (Fsp3) is 0.308. The van der Waals surface area contributed by atoms with Crippen LogP contribution in [0, 0.1) is 5.92 Å². The van der Waals surface area contributed by atoms with Gasteiger partial charge in [0, 0.05) is 17.5 Å². The number of methoxy groups -OCH3 is 1. The number of rotatable bonds is 2. The number of fused-ring (bicyclic) bond motifs is 1. The largest absolute Gasteiger partial charge is 0.496 e. The van der Waals surface area contributed by atoms with Gasteiger partial charge in [-0.1, -0.05) is 6.07 Å². The van der Waals surface area contributed by atoms with Crippen LogP contribution < -0.4 is 4.74 Å². The van der Waals surface area contributed by atoms with Crippen LogP contribution in [-0.2, 0) is 0 Å². The first-order valence-corrected chi connectivity index (χ1v) is 5.49. The van der Waals surface area contributed by atoms with Crippen molar-refractivity contribution in [3.05, 3.63) is 30.5 Å². The molecule has 3 rings (SSSR count). The highest BCUT2D eigenvalue weighted by molar-refractivity contribution is 5.96. The van der Waals surface area contributed by atoms with Crippen LogP contribution in [0.5, 0.6) is 5.75 Å². The van der Waals surface area contributed by atoms with Crippen molar-refractivity contribution in [2.75, 3.05) is 7.11 Å². The number of carbonyl (C=O) groups excluding carboxylic acids is 1. The summed E-state index contributed by atoms with van der Waals surface area (Å²) in [5.41, 5.74) is 0.941. The van der Waals surface area contributed by atoms with Gasteiger partial charge in [0.25, 0.3) is 0 Å². The lowest BCUT2D eigenvalue weighted by Crippen LogP contribution is -2.10. The van der Waals surface area contributed by atoms with Gasteiger partial charge in [-0.25, -0.2) is 0 Å². The molecule has 1 aromatic carbocycles. The van der Waals surface area contributed by atoms with E-state index in [1.165, 1.54) is 0 Å². The number of benzene rings is 1. The minimum absolute atomic E-state index is 0.211. The van der Waals surface area contributed by atoms with Crippen molar-refractivity contribution in [2.45, 2.75) is 12.8 Å². The van der Waals surface area contributed by atoms with E-state index in [9.17, 15) is 4.79 Å². The summed E-state index contributed by atoms with van der Waals surface area (Å²) in [6.07, 6.45) is 3.90. The maximum Gasteiger partial charge on any atom is 0.234 e. The molecule has 1 heterocycles. The minimum Gasteiger partial charge on any atom is -0.496 e. The van der Waals surface area contributed by atoms with Crippen molar-refractivity contribution in [2.24, 2.45) is 5.92 Å². The highest BCUT2D eigenvalue weighted by Gasteiger charge is 2.31. The molecule has 0 radical (unpaired) electrons. The summed E-state index contributed by atoms with van der Waals surface area (Å²) in [6, 6.07) is 7.72. The molecular weight excluding hydrogens is 202 g/mol. The fourth-order valence-corrected chi connectivity index (χ4v) is 2.04. The summed E-state index contributed by atoms with van der Waals surface area (Å²) in [5, 5.41) is 0.999. The Balaban J connectivity index is 2.16. The molecule has 16 heavy (non-hydrogen) atoms. The van der Waals surface area contributed by atoms with Crippen molar-refractivity contribution in [1.82, 2.24) is 4.57 Å². The summed E-state index contributed by atoms with van der Waals surface area (Å²) in [5.74, 6) is 1.27. The number of carbonyl (C=O) groups is 1. The molecule has 1 aliphatic rings. The number of ether oxygens (including phenoxy) is 1. The maximum atomic E-state index is 12.0. The van der Waals surface area contributed by atoms with E-state index in [1.54, 1.807) is 11.7 Å². The number of aromatic nitrogens is 1. The lowest BCUT2D eigenvalue weighted by Gasteiger charge is -2.04. The fourth-order valence-electron chi connectivity index (χ4n) is 2.04. The Hall–Kier alpha value is -1.77. The quantitative estimate of drug-likeness (QED) is 0.771. The van der Waals surface area contributed by atoms with Gasteiger partial charge in [0.1, 0.15) is 5.75 Å².